The summed E-state index contributed by atoms with van der Waals surface area (Å²) in [5, 5.41) is -0.204. The average Bonchev–Trinajstić information content (AvgIpc) is 2.76. The van der Waals surface area contributed by atoms with Crippen molar-refractivity contribution in [2.75, 3.05) is 7.11 Å². The number of carbonyl (C=O) groups is 1. The van der Waals surface area contributed by atoms with Gasteiger partial charge in [-0.15, -0.1) is 11.6 Å². The van der Waals surface area contributed by atoms with Gasteiger partial charge in [0.1, 0.15) is 5.82 Å². The molecule has 1 atom stereocenters. The van der Waals surface area contributed by atoms with Gasteiger partial charge in [-0.2, -0.15) is 0 Å². The van der Waals surface area contributed by atoms with E-state index in [9.17, 15) is 4.79 Å². The number of ether oxygens (including phenoxy) is 1. The highest BCUT2D eigenvalue weighted by Gasteiger charge is 2.16. The number of fused-ring (bicyclic) bond motifs is 1. The predicted molar refractivity (Wildman–Crippen MR) is 75.4 cm³/mol. The summed E-state index contributed by atoms with van der Waals surface area (Å²) in [4.78, 5) is 15.9. The molecule has 0 aliphatic carbocycles. The van der Waals surface area contributed by atoms with Gasteiger partial charge in [0.25, 0.3) is 0 Å². The Hall–Kier alpha value is -1.55. The second-order valence-corrected chi connectivity index (χ2v) is 5.16. The SMILES string of the molecule is COC(=O)CCn1c(C(C)Cl)nc2cccc(C)c21. The highest BCUT2D eigenvalue weighted by Crippen LogP contribution is 2.26. The number of esters is 1. The smallest absolute Gasteiger partial charge is 0.307 e. The zero-order valence-corrected chi connectivity index (χ0v) is 12.1. The Morgan fingerprint density at radius 2 is 2.26 bits per heavy atom. The molecule has 0 fully saturated rings. The molecule has 4 nitrogen and oxygen atoms in total. The third-order valence-electron chi connectivity index (χ3n) is 3.12. The molecule has 0 aliphatic rings. The first-order chi connectivity index (χ1) is 9.04. The van der Waals surface area contributed by atoms with Gasteiger partial charge in [-0.05, 0) is 25.5 Å². The number of carbonyl (C=O) groups excluding carboxylic acids is 1. The fourth-order valence-electron chi connectivity index (χ4n) is 2.22. The molecule has 0 aliphatic heterocycles. The van der Waals surface area contributed by atoms with Gasteiger partial charge in [0.15, 0.2) is 0 Å². The van der Waals surface area contributed by atoms with Crippen LogP contribution in [0.3, 0.4) is 0 Å². The minimum atomic E-state index is -0.233. The van der Waals surface area contributed by atoms with Gasteiger partial charge in [-0.25, -0.2) is 4.98 Å². The van der Waals surface area contributed by atoms with Crippen LogP contribution in [0.4, 0.5) is 0 Å². The lowest BCUT2D eigenvalue weighted by Crippen LogP contribution is -2.10. The molecule has 0 radical (unpaired) electrons. The molecule has 0 saturated heterocycles. The summed E-state index contributed by atoms with van der Waals surface area (Å²) in [6, 6.07) is 5.96. The first-order valence-corrected chi connectivity index (χ1v) is 6.65. The number of halogens is 1. The molecule has 0 bridgehead atoms. The largest absolute Gasteiger partial charge is 0.469 e. The molecular formula is C14H17ClN2O2. The molecule has 102 valence electrons. The van der Waals surface area contributed by atoms with Crippen LogP contribution in [-0.2, 0) is 16.1 Å². The van der Waals surface area contributed by atoms with Crippen molar-refractivity contribution in [1.29, 1.82) is 0 Å². The number of imidazole rings is 1. The number of para-hydroxylation sites is 1. The molecule has 2 aromatic rings. The van der Waals surface area contributed by atoms with Crippen molar-refractivity contribution >= 4 is 28.6 Å². The van der Waals surface area contributed by atoms with Gasteiger partial charge in [-0.1, -0.05) is 12.1 Å². The van der Waals surface area contributed by atoms with Crippen LogP contribution < -0.4 is 0 Å². The van der Waals surface area contributed by atoms with E-state index in [-0.39, 0.29) is 11.3 Å². The number of aryl methyl sites for hydroxylation is 2. The Morgan fingerprint density at radius 3 is 2.89 bits per heavy atom. The summed E-state index contributed by atoms with van der Waals surface area (Å²) < 4.78 is 6.70. The van der Waals surface area contributed by atoms with Gasteiger partial charge in [0.05, 0.1) is 29.9 Å². The van der Waals surface area contributed by atoms with E-state index in [1.807, 2.05) is 36.6 Å². The molecule has 0 spiro atoms. The third-order valence-corrected chi connectivity index (χ3v) is 3.32. The molecule has 1 heterocycles. The normalized spacial score (nSPS) is 12.6. The second kappa shape index (κ2) is 5.61. The van der Waals surface area contributed by atoms with E-state index in [1.54, 1.807) is 0 Å². The highest BCUT2D eigenvalue weighted by atomic mass is 35.5. The summed E-state index contributed by atoms with van der Waals surface area (Å²) in [5.74, 6) is 0.554. The molecular weight excluding hydrogens is 264 g/mol. The Bertz CT molecular complexity index is 605. The zero-order chi connectivity index (χ0) is 14.0. The molecule has 1 aromatic carbocycles. The van der Waals surface area contributed by atoms with Crippen molar-refractivity contribution in [1.82, 2.24) is 9.55 Å². The quantitative estimate of drug-likeness (QED) is 0.638. The van der Waals surface area contributed by atoms with E-state index < -0.39 is 0 Å². The van der Waals surface area contributed by atoms with E-state index in [0.717, 1.165) is 22.4 Å². The summed E-state index contributed by atoms with van der Waals surface area (Å²) in [5.41, 5.74) is 3.07. The second-order valence-electron chi connectivity index (χ2n) is 4.51. The van der Waals surface area contributed by atoms with Gasteiger partial charge in [0, 0.05) is 6.54 Å². The van der Waals surface area contributed by atoms with Crippen LogP contribution >= 0.6 is 11.6 Å². The van der Waals surface area contributed by atoms with E-state index in [0.29, 0.717) is 13.0 Å². The number of nitrogens with zero attached hydrogens (tertiary/aromatic N) is 2. The summed E-state index contributed by atoms with van der Waals surface area (Å²) in [6.45, 7) is 4.44. The first-order valence-electron chi connectivity index (χ1n) is 6.21. The fourth-order valence-corrected chi connectivity index (χ4v) is 2.38. The van der Waals surface area contributed by atoms with Gasteiger partial charge < -0.3 is 9.30 Å². The minimum absolute atomic E-state index is 0.204. The van der Waals surface area contributed by atoms with Gasteiger partial charge >= 0.3 is 5.97 Å². The standard InChI is InChI=1S/C14H17ClN2O2/c1-9-5-4-6-11-13(9)17(8-7-12(18)19-3)14(16-11)10(2)15/h4-6,10H,7-8H2,1-3H3. The Kier molecular flexibility index (Phi) is 4.10. The number of hydrogen-bond acceptors (Lipinski definition) is 3. The molecule has 0 N–H and O–H groups in total. The number of methoxy groups -OCH3 is 1. The Morgan fingerprint density at radius 1 is 1.53 bits per heavy atom. The van der Waals surface area contributed by atoms with E-state index in [1.165, 1.54) is 7.11 Å². The van der Waals surface area contributed by atoms with Crippen molar-refractivity contribution in [2.45, 2.75) is 32.2 Å². The molecule has 0 amide bonds. The summed E-state index contributed by atoms with van der Waals surface area (Å²) in [7, 11) is 1.39. The van der Waals surface area contributed by atoms with E-state index >= 15 is 0 Å². The third kappa shape index (κ3) is 2.73. The minimum Gasteiger partial charge on any atom is -0.469 e. The Balaban J connectivity index is 2.48. The molecule has 1 unspecified atom stereocenters. The van der Waals surface area contributed by atoms with Gasteiger partial charge in [-0.3, -0.25) is 4.79 Å². The van der Waals surface area contributed by atoms with Gasteiger partial charge in [0.2, 0.25) is 0 Å². The predicted octanol–water partition coefficient (Wildman–Crippen LogP) is 3.21. The van der Waals surface area contributed by atoms with Crippen LogP contribution in [0.15, 0.2) is 18.2 Å². The lowest BCUT2D eigenvalue weighted by molar-refractivity contribution is -0.140. The van der Waals surface area contributed by atoms with Crippen molar-refractivity contribution in [3.63, 3.8) is 0 Å². The molecule has 19 heavy (non-hydrogen) atoms. The first kappa shape index (κ1) is 13.9. The summed E-state index contributed by atoms with van der Waals surface area (Å²) >= 11 is 6.18. The number of benzene rings is 1. The van der Waals surface area contributed by atoms with Crippen LogP contribution in [0.1, 0.15) is 30.1 Å². The monoisotopic (exact) mass is 280 g/mol. The van der Waals surface area contributed by atoms with Crippen LogP contribution in [0.25, 0.3) is 11.0 Å². The molecule has 2 rings (SSSR count). The maximum absolute atomic E-state index is 11.3. The van der Waals surface area contributed by atoms with Crippen LogP contribution in [0.5, 0.6) is 0 Å². The maximum atomic E-state index is 11.3. The van der Waals surface area contributed by atoms with E-state index in [4.69, 9.17) is 11.6 Å². The van der Waals surface area contributed by atoms with E-state index in [2.05, 4.69) is 9.72 Å². The summed E-state index contributed by atoms with van der Waals surface area (Å²) in [6.07, 6.45) is 0.312. The van der Waals surface area contributed by atoms with Crippen molar-refractivity contribution in [3.8, 4) is 0 Å². The van der Waals surface area contributed by atoms with Crippen molar-refractivity contribution < 1.29 is 9.53 Å². The molecule has 5 heteroatoms. The lowest BCUT2D eigenvalue weighted by atomic mass is 10.2. The number of alkyl halides is 1. The zero-order valence-electron chi connectivity index (χ0n) is 11.3. The fraction of sp³-hybridized carbons (Fsp3) is 0.429. The van der Waals surface area contributed by atoms with Crippen LogP contribution in [-0.4, -0.2) is 22.6 Å². The molecule has 0 saturated carbocycles. The van der Waals surface area contributed by atoms with Crippen LogP contribution in [0, 0.1) is 6.92 Å². The number of rotatable bonds is 4. The van der Waals surface area contributed by atoms with Crippen LogP contribution in [0.2, 0.25) is 0 Å². The topological polar surface area (TPSA) is 44.1 Å². The number of aromatic nitrogens is 2. The lowest BCUT2D eigenvalue weighted by Gasteiger charge is -2.10. The Labute approximate surface area is 117 Å². The molecule has 1 aromatic heterocycles. The maximum Gasteiger partial charge on any atom is 0.307 e. The van der Waals surface area contributed by atoms with Crippen molar-refractivity contribution in [3.05, 3.63) is 29.6 Å². The highest BCUT2D eigenvalue weighted by molar-refractivity contribution is 6.20. The average molecular weight is 281 g/mol. The van der Waals surface area contributed by atoms with Crippen molar-refractivity contribution in [2.24, 2.45) is 0 Å². The number of hydrogen-bond donors (Lipinski definition) is 0.